The van der Waals surface area contributed by atoms with E-state index in [4.69, 9.17) is 4.74 Å². The van der Waals surface area contributed by atoms with Gasteiger partial charge < -0.3 is 15.4 Å². The van der Waals surface area contributed by atoms with Gasteiger partial charge >= 0.3 is 5.97 Å². The molecule has 0 bridgehead atoms. The highest BCUT2D eigenvalue weighted by Gasteiger charge is 2.24. The Morgan fingerprint density at radius 1 is 1.30 bits per heavy atom. The van der Waals surface area contributed by atoms with Crippen molar-refractivity contribution in [3.05, 3.63) is 33.9 Å². The summed E-state index contributed by atoms with van der Waals surface area (Å²) < 4.78 is 5.06. The fourth-order valence-corrected chi connectivity index (χ4v) is 1.77. The van der Waals surface area contributed by atoms with Gasteiger partial charge in [-0.15, -0.1) is 0 Å². The molecular weight excluding hydrogens is 302 g/mol. The van der Waals surface area contributed by atoms with Gasteiger partial charge in [0.1, 0.15) is 5.69 Å². The van der Waals surface area contributed by atoms with Gasteiger partial charge in [-0.1, -0.05) is 0 Å². The molecule has 0 unspecified atom stereocenters. The van der Waals surface area contributed by atoms with Crippen molar-refractivity contribution in [3.63, 3.8) is 0 Å². The van der Waals surface area contributed by atoms with E-state index in [0.717, 1.165) is 6.07 Å². The maximum absolute atomic E-state index is 12.1. The Bertz CT molecular complexity index is 622. The predicted molar refractivity (Wildman–Crippen MR) is 85.4 cm³/mol. The third-order valence-electron chi connectivity index (χ3n) is 2.85. The van der Waals surface area contributed by atoms with Crippen LogP contribution in [0.3, 0.4) is 0 Å². The zero-order valence-corrected chi connectivity index (χ0v) is 13.8. The lowest BCUT2D eigenvalue weighted by Crippen LogP contribution is -2.46. The van der Waals surface area contributed by atoms with Gasteiger partial charge in [0.05, 0.1) is 10.5 Å². The summed E-state index contributed by atoms with van der Waals surface area (Å²) in [6, 6.07) is 3.92. The highest BCUT2D eigenvalue weighted by molar-refractivity contribution is 5.93. The third kappa shape index (κ3) is 5.24. The molecule has 0 aliphatic rings. The van der Waals surface area contributed by atoms with E-state index in [1.165, 1.54) is 19.1 Å². The van der Waals surface area contributed by atoms with Crippen LogP contribution in [0.1, 0.15) is 38.1 Å². The van der Waals surface area contributed by atoms with Gasteiger partial charge in [0.2, 0.25) is 0 Å². The molecule has 0 spiro atoms. The molecule has 8 nitrogen and oxygen atoms in total. The molecule has 1 atom stereocenters. The number of hydrogen-bond donors (Lipinski definition) is 2. The summed E-state index contributed by atoms with van der Waals surface area (Å²) in [5, 5.41) is 16.4. The molecule has 0 aliphatic heterocycles. The molecule has 0 aromatic heterocycles. The second-order valence-electron chi connectivity index (χ2n) is 6.03. The fourth-order valence-electron chi connectivity index (χ4n) is 1.77. The smallest absolute Gasteiger partial charge is 0.339 e. The minimum atomic E-state index is -1.01. The summed E-state index contributed by atoms with van der Waals surface area (Å²) in [6.07, 6.45) is -1.01. The molecule has 1 aromatic carbocycles. The van der Waals surface area contributed by atoms with Crippen molar-refractivity contribution in [2.45, 2.75) is 39.3 Å². The second-order valence-corrected chi connectivity index (χ2v) is 6.03. The average Bonchev–Trinajstić information content (AvgIpc) is 2.44. The first-order chi connectivity index (χ1) is 10.5. The van der Waals surface area contributed by atoms with Crippen LogP contribution in [0.4, 0.5) is 11.4 Å². The lowest BCUT2D eigenvalue weighted by molar-refractivity contribution is -0.384. The zero-order valence-electron chi connectivity index (χ0n) is 13.8. The van der Waals surface area contributed by atoms with Gasteiger partial charge in [0.15, 0.2) is 6.10 Å². The van der Waals surface area contributed by atoms with Crippen molar-refractivity contribution in [2.24, 2.45) is 0 Å². The van der Waals surface area contributed by atoms with E-state index in [2.05, 4.69) is 10.6 Å². The Kier molecular flexibility index (Phi) is 5.67. The summed E-state index contributed by atoms with van der Waals surface area (Å²) >= 11 is 0. The van der Waals surface area contributed by atoms with Gasteiger partial charge in [-0.25, -0.2) is 4.79 Å². The number of anilines is 1. The lowest BCUT2D eigenvalue weighted by Gasteiger charge is -2.23. The van der Waals surface area contributed by atoms with Crippen molar-refractivity contribution in [1.82, 2.24) is 5.32 Å². The molecule has 8 heteroatoms. The number of esters is 1. The number of nitrogens with one attached hydrogen (secondary N) is 2. The van der Waals surface area contributed by atoms with E-state index in [9.17, 15) is 19.7 Å². The third-order valence-corrected chi connectivity index (χ3v) is 2.85. The van der Waals surface area contributed by atoms with Crippen LogP contribution in [-0.2, 0) is 9.53 Å². The molecule has 0 saturated heterocycles. The van der Waals surface area contributed by atoms with Crippen LogP contribution in [0, 0.1) is 10.1 Å². The number of amides is 1. The number of nitro benzene ring substituents is 1. The highest BCUT2D eigenvalue weighted by atomic mass is 16.6. The van der Waals surface area contributed by atoms with Crippen LogP contribution >= 0.6 is 0 Å². The maximum atomic E-state index is 12.1. The van der Waals surface area contributed by atoms with Crippen molar-refractivity contribution >= 4 is 23.3 Å². The van der Waals surface area contributed by atoms with E-state index in [-0.39, 0.29) is 16.9 Å². The molecule has 0 heterocycles. The van der Waals surface area contributed by atoms with Crippen molar-refractivity contribution in [3.8, 4) is 0 Å². The van der Waals surface area contributed by atoms with E-state index < -0.39 is 28.4 Å². The van der Waals surface area contributed by atoms with E-state index in [1.54, 1.807) is 27.8 Å². The SMILES string of the molecule is CNc1ccc(C(=O)O[C@H](C)C(=O)NC(C)(C)C)cc1[N+](=O)[O-]. The molecule has 1 aromatic rings. The Labute approximate surface area is 134 Å². The van der Waals surface area contributed by atoms with E-state index in [0.29, 0.717) is 0 Å². The standard InChI is InChI=1S/C15H21N3O5/c1-9(13(19)17-15(2,3)4)23-14(20)10-6-7-11(16-5)12(8-10)18(21)22/h6-9,16H,1-5H3,(H,17,19)/t9-/m1/s1. The first-order valence-electron chi connectivity index (χ1n) is 7.04. The van der Waals surface area contributed by atoms with Crippen molar-refractivity contribution < 1.29 is 19.2 Å². The van der Waals surface area contributed by atoms with Crippen LogP contribution in [0.2, 0.25) is 0 Å². The quantitative estimate of drug-likeness (QED) is 0.488. The number of benzene rings is 1. The van der Waals surface area contributed by atoms with Crippen LogP contribution < -0.4 is 10.6 Å². The maximum Gasteiger partial charge on any atom is 0.339 e. The van der Waals surface area contributed by atoms with Crippen LogP contribution in [-0.4, -0.2) is 35.5 Å². The Morgan fingerprint density at radius 2 is 1.91 bits per heavy atom. The molecule has 0 fully saturated rings. The summed E-state index contributed by atoms with van der Waals surface area (Å²) in [6.45, 7) is 6.85. The molecule has 0 aliphatic carbocycles. The minimum absolute atomic E-state index is 0.00566. The van der Waals surface area contributed by atoms with Gasteiger partial charge in [-0.05, 0) is 39.8 Å². The van der Waals surface area contributed by atoms with Crippen LogP contribution in [0.15, 0.2) is 18.2 Å². The lowest BCUT2D eigenvalue weighted by atomic mass is 10.1. The molecule has 126 valence electrons. The monoisotopic (exact) mass is 323 g/mol. The molecule has 23 heavy (non-hydrogen) atoms. The highest BCUT2D eigenvalue weighted by Crippen LogP contribution is 2.25. The van der Waals surface area contributed by atoms with E-state index >= 15 is 0 Å². The number of nitro groups is 1. The van der Waals surface area contributed by atoms with Gasteiger partial charge in [-0.2, -0.15) is 0 Å². The van der Waals surface area contributed by atoms with Crippen molar-refractivity contribution in [2.75, 3.05) is 12.4 Å². The number of carbonyl (C=O) groups is 2. The number of rotatable bonds is 5. The molecule has 0 saturated carbocycles. The van der Waals surface area contributed by atoms with E-state index in [1.807, 2.05) is 0 Å². The summed E-state index contributed by atoms with van der Waals surface area (Å²) in [5.41, 5.74) is -0.407. The zero-order chi connectivity index (χ0) is 17.8. The number of carbonyl (C=O) groups excluding carboxylic acids is 2. The average molecular weight is 323 g/mol. The van der Waals surface area contributed by atoms with Crippen LogP contribution in [0.5, 0.6) is 0 Å². The first-order valence-corrected chi connectivity index (χ1v) is 7.04. The summed E-state index contributed by atoms with van der Waals surface area (Å²) in [5.74, 6) is -1.24. The van der Waals surface area contributed by atoms with Gasteiger partial charge in [-0.3, -0.25) is 14.9 Å². The number of ether oxygens (including phenoxy) is 1. The number of hydrogen-bond acceptors (Lipinski definition) is 6. The molecule has 2 N–H and O–H groups in total. The summed E-state index contributed by atoms with van der Waals surface area (Å²) in [4.78, 5) is 34.3. The first kappa shape index (κ1) is 18.4. The van der Waals surface area contributed by atoms with Crippen LogP contribution in [0.25, 0.3) is 0 Å². The van der Waals surface area contributed by atoms with Gasteiger partial charge in [0, 0.05) is 18.7 Å². The van der Waals surface area contributed by atoms with Crippen molar-refractivity contribution in [1.29, 1.82) is 0 Å². The molecule has 1 rings (SSSR count). The fraction of sp³-hybridized carbons (Fsp3) is 0.467. The molecule has 1 amide bonds. The Balaban J connectivity index is 2.88. The Morgan fingerprint density at radius 3 is 2.39 bits per heavy atom. The largest absolute Gasteiger partial charge is 0.449 e. The Hall–Kier alpha value is -2.64. The molecule has 0 radical (unpaired) electrons. The predicted octanol–water partition coefficient (Wildman–Crippen LogP) is 2.10. The second kappa shape index (κ2) is 7.08. The summed E-state index contributed by atoms with van der Waals surface area (Å²) in [7, 11) is 1.54. The minimum Gasteiger partial charge on any atom is -0.449 e. The van der Waals surface area contributed by atoms with Gasteiger partial charge in [0.25, 0.3) is 11.6 Å². The topological polar surface area (TPSA) is 111 Å². The normalized spacial score (nSPS) is 12.2. The molecular formula is C15H21N3O5. The number of nitrogens with zero attached hydrogens (tertiary/aromatic N) is 1.